The summed E-state index contributed by atoms with van der Waals surface area (Å²) in [5.74, 6) is -1.22. The Kier molecular flexibility index (Phi) is 5.28. The zero-order valence-electron chi connectivity index (χ0n) is 13.5. The first-order valence-corrected chi connectivity index (χ1v) is 8.08. The highest BCUT2D eigenvalue weighted by molar-refractivity contribution is 6.31. The summed E-state index contributed by atoms with van der Waals surface area (Å²) in [4.78, 5) is 26.8. The second-order valence-corrected chi connectivity index (χ2v) is 5.83. The van der Waals surface area contributed by atoms with Crippen LogP contribution < -0.4 is 5.32 Å². The second-order valence-electron chi connectivity index (χ2n) is 5.42. The maximum Gasteiger partial charge on any atom is 0.356 e. The van der Waals surface area contributed by atoms with Crippen molar-refractivity contribution in [1.29, 1.82) is 0 Å². The number of carboxylic acid groups (broad SMARTS) is 1. The number of carbonyl (C=O) groups excluding carboxylic acids is 1. The highest BCUT2D eigenvalue weighted by Crippen LogP contribution is 2.16. The van der Waals surface area contributed by atoms with Gasteiger partial charge in [0.1, 0.15) is 6.33 Å². The topological polar surface area (TPSA) is 115 Å². The molecule has 9 nitrogen and oxygen atoms in total. The van der Waals surface area contributed by atoms with Crippen molar-refractivity contribution in [2.75, 3.05) is 5.32 Å². The highest BCUT2D eigenvalue weighted by Gasteiger charge is 2.10. The van der Waals surface area contributed by atoms with Crippen molar-refractivity contribution in [3.63, 3.8) is 0 Å². The molecule has 10 heteroatoms. The Morgan fingerprint density at radius 1 is 1.15 bits per heavy atom. The maximum absolute atomic E-state index is 12.0. The number of rotatable bonds is 7. The molecule has 0 fully saturated rings. The Morgan fingerprint density at radius 3 is 2.69 bits per heavy atom. The minimum absolute atomic E-state index is 0.0645. The van der Waals surface area contributed by atoms with Gasteiger partial charge in [0.25, 0.3) is 0 Å². The molecular weight excluding hydrogens is 360 g/mol. The molecule has 0 saturated heterocycles. The lowest BCUT2D eigenvalue weighted by Crippen LogP contribution is -2.16. The Balaban J connectivity index is 1.52. The number of aryl methyl sites for hydroxylation is 1. The van der Waals surface area contributed by atoms with Gasteiger partial charge < -0.3 is 5.11 Å². The first-order valence-electron chi connectivity index (χ1n) is 7.71. The molecule has 0 aliphatic heterocycles. The first kappa shape index (κ1) is 17.6. The van der Waals surface area contributed by atoms with Crippen LogP contribution in [-0.4, -0.2) is 41.5 Å². The van der Waals surface area contributed by atoms with Gasteiger partial charge >= 0.3 is 5.97 Å². The van der Waals surface area contributed by atoms with Crippen molar-refractivity contribution >= 4 is 29.4 Å². The molecule has 0 bridgehead atoms. The molecule has 0 aliphatic rings. The van der Waals surface area contributed by atoms with Gasteiger partial charge in [0.2, 0.25) is 11.9 Å². The Bertz CT molecular complexity index is 935. The van der Waals surface area contributed by atoms with Crippen LogP contribution in [0.15, 0.2) is 42.9 Å². The van der Waals surface area contributed by atoms with Gasteiger partial charge in [0.15, 0.2) is 5.69 Å². The molecule has 3 rings (SSSR count). The molecule has 26 heavy (non-hydrogen) atoms. The number of aromatic carboxylic acids is 1. The molecule has 2 heterocycles. The van der Waals surface area contributed by atoms with Crippen LogP contribution in [0.5, 0.6) is 0 Å². The van der Waals surface area contributed by atoms with Crippen LogP contribution in [0.2, 0.25) is 5.02 Å². The zero-order chi connectivity index (χ0) is 18.5. The number of anilines is 1. The van der Waals surface area contributed by atoms with Gasteiger partial charge in [-0.3, -0.25) is 14.8 Å². The van der Waals surface area contributed by atoms with Crippen molar-refractivity contribution in [3.8, 4) is 0 Å². The smallest absolute Gasteiger partial charge is 0.356 e. The lowest BCUT2D eigenvalue weighted by atomic mass is 10.2. The minimum atomic E-state index is -1.11. The third kappa shape index (κ3) is 4.45. The number of benzene rings is 1. The minimum Gasteiger partial charge on any atom is -0.476 e. The summed E-state index contributed by atoms with van der Waals surface area (Å²) in [5.41, 5.74) is 0.829. The summed E-state index contributed by atoms with van der Waals surface area (Å²) < 4.78 is 2.97. The Hall–Kier alpha value is -3.20. The molecular formula is C16H15ClN6O3. The van der Waals surface area contributed by atoms with E-state index in [1.807, 2.05) is 18.2 Å². The number of carbonyl (C=O) groups is 2. The average Bonchev–Trinajstić information content (AvgIpc) is 3.25. The van der Waals surface area contributed by atoms with Gasteiger partial charge in [-0.1, -0.05) is 29.8 Å². The summed E-state index contributed by atoms with van der Waals surface area (Å²) in [6.07, 6.45) is 3.12. The molecule has 134 valence electrons. The van der Waals surface area contributed by atoms with Crippen molar-refractivity contribution in [1.82, 2.24) is 24.5 Å². The van der Waals surface area contributed by atoms with E-state index in [9.17, 15) is 9.59 Å². The van der Waals surface area contributed by atoms with Gasteiger partial charge in [-0.05, 0) is 17.7 Å². The van der Waals surface area contributed by atoms with Crippen LogP contribution in [0.25, 0.3) is 0 Å². The van der Waals surface area contributed by atoms with E-state index < -0.39 is 5.97 Å². The number of halogens is 1. The molecule has 3 aromatic rings. The van der Waals surface area contributed by atoms with Crippen LogP contribution in [0.4, 0.5) is 5.95 Å². The van der Waals surface area contributed by atoms with E-state index in [1.54, 1.807) is 10.7 Å². The molecule has 0 saturated carbocycles. The summed E-state index contributed by atoms with van der Waals surface area (Å²) in [6.45, 7) is 0.688. The van der Waals surface area contributed by atoms with Crippen LogP contribution in [0, 0.1) is 0 Å². The monoisotopic (exact) mass is 374 g/mol. The van der Waals surface area contributed by atoms with E-state index in [2.05, 4.69) is 20.5 Å². The lowest BCUT2D eigenvalue weighted by Gasteiger charge is -2.03. The van der Waals surface area contributed by atoms with Crippen LogP contribution in [-0.2, 0) is 17.9 Å². The molecule has 1 amide bonds. The van der Waals surface area contributed by atoms with E-state index in [4.69, 9.17) is 16.7 Å². The molecule has 1 aromatic carbocycles. The molecule has 0 spiro atoms. The lowest BCUT2D eigenvalue weighted by molar-refractivity contribution is -0.116. The predicted molar refractivity (Wildman–Crippen MR) is 93.0 cm³/mol. The number of nitrogens with zero attached hydrogens (tertiary/aromatic N) is 5. The van der Waals surface area contributed by atoms with E-state index in [-0.39, 0.29) is 30.5 Å². The standard InChI is InChI=1S/C16H15ClN6O3/c17-12-4-2-1-3-11(12)9-23-10-18-16(21-23)19-14(24)6-8-22-7-5-13(20-22)15(25)26/h1-5,7,10H,6,8-9H2,(H,25,26)(H,19,21,24). The molecule has 0 aliphatic carbocycles. The van der Waals surface area contributed by atoms with E-state index >= 15 is 0 Å². The predicted octanol–water partition coefficient (Wildman–Crippen LogP) is 1.90. The Morgan fingerprint density at radius 2 is 1.96 bits per heavy atom. The largest absolute Gasteiger partial charge is 0.476 e. The third-order valence-corrected chi connectivity index (χ3v) is 3.87. The summed E-state index contributed by atoms with van der Waals surface area (Å²) in [7, 11) is 0. The SMILES string of the molecule is O=C(CCn1ccc(C(=O)O)n1)Nc1ncn(Cc2ccccc2Cl)n1. The number of carboxylic acids is 1. The van der Waals surface area contributed by atoms with Crippen molar-refractivity contribution < 1.29 is 14.7 Å². The normalized spacial score (nSPS) is 10.7. The number of hydrogen-bond acceptors (Lipinski definition) is 5. The van der Waals surface area contributed by atoms with E-state index in [0.29, 0.717) is 11.6 Å². The first-order chi connectivity index (χ1) is 12.5. The number of aromatic nitrogens is 5. The van der Waals surface area contributed by atoms with E-state index in [1.165, 1.54) is 23.3 Å². The van der Waals surface area contributed by atoms with Crippen LogP contribution in [0.1, 0.15) is 22.5 Å². The molecule has 0 unspecified atom stereocenters. The van der Waals surface area contributed by atoms with Gasteiger partial charge in [-0.15, -0.1) is 5.10 Å². The fourth-order valence-corrected chi connectivity index (χ4v) is 2.43. The number of amides is 1. The number of hydrogen-bond donors (Lipinski definition) is 2. The van der Waals surface area contributed by atoms with Crippen LogP contribution in [0.3, 0.4) is 0 Å². The summed E-state index contributed by atoms with van der Waals surface area (Å²) in [5, 5.41) is 20.1. The van der Waals surface area contributed by atoms with Crippen molar-refractivity contribution in [2.24, 2.45) is 0 Å². The third-order valence-electron chi connectivity index (χ3n) is 3.51. The molecule has 2 N–H and O–H groups in total. The maximum atomic E-state index is 12.0. The van der Waals surface area contributed by atoms with Gasteiger partial charge in [-0.2, -0.15) is 5.10 Å². The summed E-state index contributed by atoms with van der Waals surface area (Å²) in [6, 6.07) is 8.78. The van der Waals surface area contributed by atoms with Gasteiger partial charge in [-0.25, -0.2) is 14.5 Å². The molecule has 0 atom stereocenters. The average molecular weight is 375 g/mol. The summed E-state index contributed by atoms with van der Waals surface area (Å²) >= 11 is 6.11. The second kappa shape index (κ2) is 7.79. The molecule has 0 radical (unpaired) electrons. The zero-order valence-corrected chi connectivity index (χ0v) is 14.3. The van der Waals surface area contributed by atoms with Crippen molar-refractivity contribution in [3.05, 3.63) is 59.1 Å². The number of nitrogens with one attached hydrogen (secondary N) is 1. The van der Waals surface area contributed by atoms with E-state index in [0.717, 1.165) is 5.56 Å². The quantitative estimate of drug-likeness (QED) is 0.652. The highest BCUT2D eigenvalue weighted by atomic mass is 35.5. The fraction of sp³-hybridized carbons (Fsp3) is 0.188. The van der Waals surface area contributed by atoms with Crippen molar-refractivity contribution in [2.45, 2.75) is 19.5 Å². The van der Waals surface area contributed by atoms with Gasteiger partial charge in [0.05, 0.1) is 6.54 Å². The molecule has 2 aromatic heterocycles. The van der Waals surface area contributed by atoms with Gasteiger partial charge in [0, 0.05) is 24.2 Å². The van der Waals surface area contributed by atoms with Crippen LogP contribution >= 0.6 is 11.6 Å². The fourth-order valence-electron chi connectivity index (χ4n) is 2.23. The Labute approximate surface area is 153 Å².